The summed E-state index contributed by atoms with van der Waals surface area (Å²) >= 11 is 0. The third-order valence-corrected chi connectivity index (χ3v) is 14.6. The lowest BCUT2D eigenvalue weighted by atomic mass is 9.73. The predicted octanol–water partition coefficient (Wildman–Crippen LogP) is 7.78. The molecule has 42 heavy (non-hydrogen) atoms. The first-order chi connectivity index (χ1) is 19.8. The van der Waals surface area contributed by atoms with Crippen LogP contribution in [0, 0.1) is 32.2 Å². The lowest BCUT2D eigenvalue weighted by Gasteiger charge is -2.36. The maximum Gasteiger partial charge on any atom is 0.217 e. The monoisotopic (exact) mass is 577 g/mol. The van der Waals surface area contributed by atoms with Crippen LogP contribution in [-0.2, 0) is 13.5 Å². The van der Waals surface area contributed by atoms with Crippen LogP contribution in [0.15, 0.2) is 30.7 Å². The van der Waals surface area contributed by atoms with E-state index >= 15 is 0 Å². The average molecular weight is 578 g/mol. The summed E-state index contributed by atoms with van der Waals surface area (Å²) in [6, 6.07) is 6.45. The fourth-order valence-corrected chi connectivity index (χ4v) is 7.34. The molecule has 0 radical (unpaired) electrons. The highest BCUT2D eigenvalue weighted by Gasteiger charge is 2.44. The van der Waals surface area contributed by atoms with Crippen molar-refractivity contribution in [3.8, 4) is 28.6 Å². The van der Waals surface area contributed by atoms with Crippen LogP contribution >= 0.6 is 0 Å². The Morgan fingerprint density at radius 1 is 1.05 bits per heavy atom. The molecule has 4 aromatic rings. The Kier molecular flexibility index (Phi) is 6.85. The van der Waals surface area contributed by atoms with Crippen LogP contribution in [0.3, 0.4) is 0 Å². The van der Waals surface area contributed by atoms with Crippen LogP contribution in [0.1, 0.15) is 86.1 Å². The topological polar surface area (TPSA) is 65.7 Å². The van der Waals surface area contributed by atoms with Gasteiger partial charge >= 0.3 is 0 Å². The average Bonchev–Trinajstić information content (AvgIpc) is 3.42. The normalized spacial score (nSPS) is 20.4. The van der Waals surface area contributed by atoms with E-state index < -0.39 is 8.07 Å². The highest BCUT2D eigenvalue weighted by atomic mass is 28.3. The molecule has 6 nitrogen and oxygen atoms in total. The fourth-order valence-electron chi connectivity index (χ4n) is 6.52. The molecule has 1 aliphatic heterocycles. The van der Waals surface area contributed by atoms with Crippen LogP contribution in [0.25, 0.3) is 22.3 Å². The molecule has 218 valence electrons. The Balaban J connectivity index is 1.37. The van der Waals surface area contributed by atoms with E-state index in [0.717, 1.165) is 66.3 Å². The molecular weight excluding hydrogens is 535 g/mol. The van der Waals surface area contributed by atoms with Crippen molar-refractivity contribution in [3.63, 3.8) is 0 Å². The lowest BCUT2D eigenvalue weighted by Crippen LogP contribution is -2.38. The number of rotatable bonds is 2. The number of ether oxygens (including phenoxy) is 1. The van der Waals surface area contributed by atoms with E-state index in [1.165, 1.54) is 27.8 Å². The van der Waals surface area contributed by atoms with Crippen LogP contribution in [0.5, 0.6) is 5.88 Å². The summed E-state index contributed by atoms with van der Waals surface area (Å²) in [4.78, 5) is 19.0. The van der Waals surface area contributed by atoms with Gasteiger partial charge in [0.1, 0.15) is 31.3 Å². The van der Waals surface area contributed by atoms with Crippen molar-refractivity contribution in [3.05, 3.63) is 64.5 Å². The summed E-state index contributed by atoms with van der Waals surface area (Å²) in [6.07, 6.45) is 8.79. The standard InChI is InChI=1S/C35H43N5OSi/c1-22-18-27(14-17-42(8,9)34(4,5)6)36-20-28(22)31-30(29-24(3)37-21-38-32(29)40(31)7)25-12-15-35(16-13-25)19-26-11-10-23(2)39-33(26)41-35/h10-11,18,20-21,25H,12-13,15-16,19H2,1-9H3. The Morgan fingerprint density at radius 3 is 2.48 bits per heavy atom. The number of aromatic nitrogens is 5. The molecule has 1 saturated carbocycles. The van der Waals surface area contributed by atoms with E-state index in [1.807, 2.05) is 13.1 Å². The van der Waals surface area contributed by atoms with Gasteiger partial charge in [-0.05, 0) is 80.7 Å². The largest absolute Gasteiger partial charge is 0.470 e. The zero-order chi connectivity index (χ0) is 30.0. The Labute approximate surface area is 251 Å². The molecule has 0 amide bonds. The molecule has 1 aliphatic carbocycles. The second-order valence-corrected chi connectivity index (χ2v) is 19.1. The van der Waals surface area contributed by atoms with E-state index in [-0.39, 0.29) is 10.6 Å². The number of hydrogen-bond donors (Lipinski definition) is 0. The van der Waals surface area contributed by atoms with Crippen molar-refractivity contribution in [1.29, 1.82) is 0 Å². The summed E-state index contributed by atoms with van der Waals surface area (Å²) in [7, 11) is 0.409. The van der Waals surface area contributed by atoms with Crippen molar-refractivity contribution < 1.29 is 4.74 Å². The van der Waals surface area contributed by atoms with Crippen LogP contribution in [0.2, 0.25) is 18.1 Å². The van der Waals surface area contributed by atoms with E-state index in [4.69, 9.17) is 14.7 Å². The first-order valence-corrected chi connectivity index (χ1v) is 18.2. The number of hydrogen-bond acceptors (Lipinski definition) is 5. The van der Waals surface area contributed by atoms with Crippen molar-refractivity contribution in [2.45, 2.75) is 103 Å². The van der Waals surface area contributed by atoms with Gasteiger partial charge in [-0.2, -0.15) is 0 Å². The number of aryl methyl sites for hydroxylation is 4. The molecule has 0 N–H and O–H groups in total. The molecule has 5 heterocycles. The predicted molar refractivity (Wildman–Crippen MR) is 173 cm³/mol. The first-order valence-electron chi connectivity index (χ1n) is 15.2. The second-order valence-electron chi connectivity index (χ2n) is 14.1. The van der Waals surface area contributed by atoms with Gasteiger partial charge in [-0.15, -0.1) is 5.54 Å². The zero-order valence-corrected chi connectivity index (χ0v) is 27.6. The third-order valence-electron chi connectivity index (χ3n) is 10.1. The molecule has 4 aromatic heterocycles. The van der Waals surface area contributed by atoms with Crippen molar-refractivity contribution >= 4 is 19.1 Å². The van der Waals surface area contributed by atoms with Crippen molar-refractivity contribution in [1.82, 2.24) is 24.5 Å². The Hall–Kier alpha value is -3.50. The zero-order valence-electron chi connectivity index (χ0n) is 26.6. The number of fused-ring (bicyclic) bond motifs is 2. The third kappa shape index (κ3) is 4.84. The molecule has 1 fully saturated rings. The van der Waals surface area contributed by atoms with Gasteiger partial charge in [-0.3, -0.25) is 0 Å². The molecule has 7 heteroatoms. The van der Waals surface area contributed by atoms with E-state index in [0.29, 0.717) is 5.92 Å². The Morgan fingerprint density at radius 2 is 1.79 bits per heavy atom. The smallest absolute Gasteiger partial charge is 0.217 e. The summed E-state index contributed by atoms with van der Waals surface area (Å²) in [5.74, 6) is 4.65. The summed E-state index contributed by atoms with van der Waals surface area (Å²) in [6.45, 7) is 17.9. The highest BCUT2D eigenvalue weighted by molar-refractivity contribution is 6.87. The van der Waals surface area contributed by atoms with Crippen molar-refractivity contribution in [2.75, 3.05) is 0 Å². The molecule has 0 saturated heterocycles. The van der Waals surface area contributed by atoms with Gasteiger partial charge in [0.15, 0.2) is 0 Å². The van der Waals surface area contributed by atoms with Gasteiger partial charge in [0.2, 0.25) is 5.88 Å². The van der Waals surface area contributed by atoms with Gasteiger partial charge in [0.25, 0.3) is 0 Å². The molecular formula is C35H43N5OSi. The minimum atomic E-state index is -1.72. The maximum atomic E-state index is 6.57. The van der Waals surface area contributed by atoms with Gasteiger partial charge in [0.05, 0.1) is 11.4 Å². The first kappa shape index (κ1) is 28.6. The summed E-state index contributed by atoms with van der Waals surface area (Å²) in [5, 5.41) is 1.40. The molecule has 0 bridgehead atoms. The minimum Gasteiger partial charge on any atom is -0.470 e. The maximum absolute atomic E-state index is 6.57. The molecule has 2 aliphatic rings. The molecule has 0 unspecified atom stereocenters. The SMILES string of the molecule is Cc1ccc2c(n1)OC1(CCC(c3c(-c4cnc(C#C[Si](C)(C)C(C)(C)C)cc4C)n(C)c4ncnc(C)c34)CC1)C2. The van der Waals surface area contributed by atoms with Gasteiger partial charge in [-0.25, -0.2) is 19.9 Å². The van der Waals surface area contributed by atoms with Crippen LogP contribution in [-0.4, -0.2) is 38.2 Å². The van der Waals surface area contributed by atoms with E-state index in [9.17, 15) is 0 Å². The lowest BCUT2D eigenvalue weighted by molar-refractivity contribution is 0.0433. The molecule has 1 spiro atoms. The number of pyridine rings is 2. The van der Waals surface area contributed by atoms with Gasteiger partial charge in [-0.1, -0.05) is 45.9 Å². The molecule has 0 aromatic carbocycles. The Bertz CT molecular complexity index is 1760. The summed E-state index contributed by atoms with van der Waals surface area (Å²) < 4.78 is 8.82. The molecule has 6 rings (SSSR count). The van der Waals surface area contributed by atoms with Crippen LogP contribution < -0.4 is 4.74 Å². The van der Waals surface area contributed by atoms with E-state index in [2.05, 4.69) is 99.0 Å². The highest BCUT2D eigenvalue weighted by Crippen LogP contribution is 2.50. The molecule has 0 atom stereocenters. The number of nitrogens with zero attached hydrogens (tertiary/aromatic N) is 5. The fraction of sp³-hybridized carbons (Fsp3) is 0.486. The van der Waals surface area contributed by atoms with Gasteiger partial charge < -0.3 is 9.30 Å². The second kappa shape index (κ2) is 10.1. The quantitative estimate of drug-likeness (QED) is 0.180. The van der Waals surface area contributed by atoms with Crippen molar-refractivity contribution in [2.24, 2.45) is 7.05 Å². The minimum absolute atomic E-state index is 0.141. The summed E-state index contributed by atoms with van der Waals surface area (Å²) in [5.41, 5.74) is 13.5. The van der Waals surface area contributed by atoms with E-state index in [1.54, 1.807) is 6.33 Å². The van der Waals surface area contributed by atoms with Gasteiger partial charge in [0, 0.05) is 41.9 Å². The van der Waals surface area contributed by atoms with Crippen LogP contribution in [0.4, 0.5) is 0 Å².